The second kappa shape index (κ2) is 5.76. The Kier molecular flexibility index (Phi) is 4.63. The van der Waals surface area contributed by atoms with E-state index in [4.69, 9.17) is 10.5 Å². The average Bonchev–Trinajstić information content (AvgIpc) is 2.18. The van der Waals surface area contributed by atoms with Crippen molar-refractivity contribution in [2.45, 2.75) is 39.2 Å². The fourth-order valence-corrected chi connectivity index (χ4v) is 1.58. The number of para-hydroxylation sites is 1. The van der Waals surface area contributed by atoms with Gasteiger partial charge in [-0.05, 0) is 37.4 Å². The Balaban J connectivity index is 2.75. The van der Waals surface area contributed by atoms with E-state index in [0.29, 0.717) is 12.5 Å². The lowest BCUT2D eigenvalue weighted by Gasteiger charge is -2.18. The van der Waals surface area contributed by atoms with Crippen molar-refractivity contribution in [3.63, 3.8) is 0 Å². The van der Waals surface area contributed by atoms with E-state index < -0.39 is 0 Å². The molecule has 0 bridgehead atoms. The zero-order chi connectivity index (χ0) is 11.3. The van der Waals surface area contributed by atoms with Gasteiger partial charge in [-0.25, -0.2) is 0 Å². The predicted molar refractivity (Wildman–Crippen MR) is 64.3 cm³/mol. The Morgan fingerprint density at radius 1 is 1.20 bits per heavy atom. The lowest BCUT2D eigenvalue weighted by molar-refractivity contribution is 0.211. The molecule has 1 rings (SSSR count). The second-order valence-electron chi connectivity index (χ2n) is 4.20. The molecular formula is C13H21NO. The van der Waals surface area contributed by atoms with Gasteiger partial charge in [-0.1, -0.05) is 32.0 Å². The quantitative estimate of drug-likeness (QED) is 0.805. The van der Waals surface area contributed by atoms with Crippen molar-refractivity contribution in [2.24, 2.45) is 5.73 Å². The highest BCUT2D eigenvalue weighted by Gasteiger charge is 2.09. The summed E-state index contributed by atoms with van der Waals surface area (Å²) in [5.41, 5.74) is 6.77. The first-order valence-corrected chi connectivity index (χ1v) is 5.60. The van der Waals surface area contributed by atoms with Gasteiger partial charge in [0, 0.05) is 0 Å². The van der Waals surface area contributed by atoms with Crippen LogP contribution in [0.25, 0.3) is 0 Å². The molecule has 0 amide bonds. The number of hydrogen-bond acceptors (Lipinski definition) is 2. The smallest absolute Gasteiger partial charge is 0.123 e. The van der Waals surface area contributed by atoms with Crippen LogP contribution in [0.2, 0.25) is 0 Å². The van der Waals surface area contributed by atoms with Crippen LogP contribution in [0.1, 0.15) is 38.7 Å². The van der Waals surface area contributed by atoms with Crippen LogP contribution in [0, 0.1) is 0 Å². The molecule has 0 saturated carbocycles. The summed E-state index contributed by atoms with van der Waals surface area (Å²) in [6.07, 6.45) is 1.08. The summed E-state index contributed by atoms with van der Waals surface area (Å²) in [4.78, 5) is 0. The number of benzene rings is 1. The van der Waals surface area contributed by atoms with Crippen LogP contribution in [0.3, 0.4) is 0 Å². The maximum Gasteiger partial charge on any atom is 0.123 e. The topological polar surface area (TPSA) is 35.2 Å². The predicted octanol–water partition coefficient (Wildman–Crippen LogP) is 2.93. The summed E-state index contributed by atoms with van der Waals surface area (Å²) in [6.45, 7) is 7.08. The molecule has 0 aliphatic carbocycles. The van der Waals surface area contributed by atoms with E-state index in [1.807, 2.05) is 12.1 Å². The maximum absolute atomic E-state index is 5.87. The zero-order valence-electron chi connectivity index (χ0n) is 9.86. The SMILES string of the molecule is CC(CCN)Oc1ccccc1C(C)C. The molecular weight excluding hydrogens is 186 g/mol. The van der Waals surface area contributed by atoms with Crippen molar-refractivity contribution in [1.29, 1.82) is 0 Å². The molecule has 1 unspecified atom stereocenters. The summed E-state index contributed by atoms with van der Waals surface area (Å²) < 4.78 is 5.87. The molecule has 1 aromatic carbocycles. The molecule has 2 nitrogen and oxygen atoms in total. The Labute approximate surface area is 92.4 Å². The number of ether oxygens (including phenoxy) is 1. The molecule has 2 heteroatoms. The molecule has 1 aromatic rings. The van der Waals surface area contributed by atoms with E-state index in [2.05, 4.69) is 32.9 Å². The molecule has 0 saturated heterocycles. The maximum atomic E-state index is 5.87. The van der Waals surface area contributed by atoms with Crippen LogP contribution in [0.4, 0.5) is 0 Å². The van der Waals surface area contributed by atoms with Gasteiger partial charge in [0.15, 0.2) is 0 Å². The van der Waals surface area contributed by atoms with E-state index in [9.17, 15) is 0 Å². The van der Waals surface area contributed by atoms with Gasteiger partial charge in [0.1, 0.15) is 5.75 Å². The summed E-state index contributed by atoms with van der Waals surface area (Å²) in [7, 11) is 0. The third-order valence-electron chi connectivity index (χ3n) is 2.44. The molecule has 15 heavy (non-hydrogen) atoms. The normalized spacial score (nSPS) is 12.9. The van der Waals surface area contributed by atoms with Crippen molar-refractivity contribution < 1.29 is 4.74 Å². The number of nitrogens with two attached hydrogens (primary N) is 1. The minimum Gasteiger partial charge on any atom is -0.490 e. The van der Waals surface area contributed by atoms with Gasteiger partial charge in [0.25, 0.3) is 0 Å². The third kappa shape index (κ3) is 3.56. The molecule has 0 aromatic heterocycles. The largest absolute Gasteiger partial charge is 0.490 e. The monoisotopic (exact) mass is 207 g/mol. The minimum atomic E-state index is 0.190. The van der Waals surface area contributed by atoms with Crippen molar-refractivity contribution in [3.8, 4) is 5.75 Å². The molecule has 0 aliphatic heterocycles. The Morgan fingerprint density at radius 2 is 1.87 bits per heavy atom. The summed E-state index contributed by atoms with van der Waals surface area (Å²) in [6, 6.07) is 8.21. The molecule has 0 fully saturated rings. The van der Waals surface area contributed by atoms with Crippen LogP contribution in [0.15, 0.2) is 24.3 Å². The fraction of sp³-hybridized carbons (Fsp3) is 0.538. The summed E-state index contributed by atoms with van der Waals surface area (Å²) in [5, 5.41) is 0. The summed E-state index contributed by atoms with van der Waals surface area (Å²) >= 11 is 0. The van der Waals surface area contributed by atoms with E-state index >= 15 is 0 Å². The van der Waals surface area contributed by atoms with Crippen molar-refractivity contribution >= 4 is 0 Å². The molecule has 84 valence electrons. The molecule has 0 spiro atoms. The molecule has 2 N–H and O–H groups in total. The number of hydrogen-bond donors (Lipinski definition) is 1. The van der Waals surface area contributed by atoms with Gasteiger partial charge in [0.05, 0.1) is 6.10 Å². The molecule has 0 heterocycles. The standard InChI is InChI=1S/C13H21NO/c1-10(2)12-6-4-5-7-13(12)15-11(3)8-9-14/h4-7,10-11H,8-9,14H2,1-3H3. The van der Waals surface area contributed by atoms with Gasteiger partial charge in [-0.15, -0.1) is 0 Å². The van der Waals surface area contributed by atoms with Gasteiger partial charge in [-0.3, -0.25) is 0 Å². The highest BCUT2D eigenvalue weighted by Crippen LogP contribution is 2.26. The average molecular weight is 207 g/mol. The van der Waals surface area contributed by atoms with Gasteiger partial charge in [0.2, 0.25) is 0 Å². The van der Waals surface area contributed by atoms with Crippen LogP contribution >= 0.6 is 0 Å². The minimum absolute atomic E-state index is 0.190. The summed E-state index contributed by atoms with van der Waals surface area (Å²) in [5.74, 6) is 1.49. The van der Waals surface area contributed by atoms with Crippen LogP contribution in [0.5, 0.6) is 5.75 Å². The van der Waals surface area contributed by atoms with Crippen molar-refractivity contribution in [1.82, 2.24) is 0 Å². The lowest BCUT2D eigenvalue weighted by atomic mass is 10.0. The first-order valence-electron chi connectivity index (χ1n) is 5.60. The zero-order valence-corrected chi connectivity index (χ0v) is 9.86. The molecule has 0 aliphatic rings. The number of rotatable bonds is 5. The Bertz CT molecular complexity index is 296. The van der Waals surface area contributed by atoms with E-state index in [0.717, 1.165) is 12.2 Å². The van der Waals surface area contributed by atoms with E-state index in [1.54, 1.807) is 0 Å². The van der Waals surface area contributed by atoms with Crippen LogP contribution in [-0.2, 0) is 0 Å². The first-order chi connectivity index (χ1) is 7.15. The van der Waals surface area contributed by atoms with Crippen LogP contribution in [-0.4, -0.2) is 12.6 Å². The second-order valence-corrected chi connectivity index (χ2v) is 4.20. The van der Waals surface area contributed by atoms with Crippen LogP contribution < -0.4 is 10.5 Å². The van der Waals surface area contributed by atoms with Gasteiger partial charge in [-0.2, -0.15) is 0 Å². The van der Waals surface area contributed by atoms with Gasteiger partial charge >= 0.3 is 0 Å². The molecule has 0 radical (unpaired) electrons. The Hall–Kier alpha value is -1.02. The third-order valence-corrected chi connectivity index (χ3v) is 2.44. The van der Waals surface area contributed by atoms with E-state index in [-0.39, 0.29) is 6.10 Å². The fourth-order valence-electron chi connectivity index (χ4n) is 1.58. The molecule has 1 atom stereocenters. The van der Waals surface area contributed by atoms with Crippen molar-refractivity contribution in [2.75, 3.05) is 6.54 Å². The van der Waals surface area contributed by atoms with Gasteiger partial charge < -0.3 is 10.5 Å². The Morgan fingerprint density at radius 3 is 2.47 bits per heavy atom. The first kappa shape index (κ1) is 12.1. The highest BCUT2D eigenvalue weighted by atomic mass is 16.5. The highest BCUT2D eigenvalue weighted by molar-refractivity contribution is 5.35. The van der Waals surface area contributed by atoms with E-state index in [1.165, 1.54) is 5.56 Å². The lowest BCUT2D eigenvalue weighted by Crippen LogP contribution is -2.17. The van der Waals surface area contributed by atoms with Crippen molar-refractivity contribution in [3.05, 3.63) is 29.8 Å².